The van der Waals surface area contributed by atoms with E-state index in [4.69, 9.17) is 9.72 Å². The van der Waals surface area contributed by atoms with Crippen molar-refractivity contribution in [3.63, 3.8) is 0 Å². The van der Waals surface area contributed by atoms with Crippen molar-refractivity contribution in [3.8, 4) is 17.0 Å². The second-order valence-corrected chi connectivity index (χ2v) is 6.79. The molecular formula is C26H21N3O2. The van der Waals surface area contributed by atoms with E-state index < -0.39 is 0 Å². The van der Waals surface area contributed by atoms with E-state index in [1.807, 2.05) is 84.9 Å². The highest BCUT2D eigenvalue weighted by atomic mass is 16.5. The summed E-state index contributed by atoms with van der Waals surface area (Å²) in [5, 5.41) is 4.81. The van der Waals surface area contributed by atoms with Gasteiger partial charge in [-0.05, 0) is 35.9 Å². The second kappa shape index (κ2) is 9.50. The molecule has 0 fully saturated rings. The van der Waals surface area contributed by atoms with Crippen LogP contribution in [0.3, 0.4) is 0 Å². The maximum Gasteiger partial charge on any atom is 0.272 e. The summed E-state index contributed by atoms with van der Waals surface area (Å²) < 4.78 is 5.32. The van der Waals surface area contributed by atoms with Crippen molar-refractivity contribution in [1.29, 1.82) is 0 Å². The van der Waals surface area contributed by atoms with Gasteiger partial charge in [0.25, 0.3) is 5.91 Å². The van der Waals surface area contributed by atoms with Crippen molar-refractivity contribution in [2.45, 2.75) is 0 Å². The summed E-state index contributed by atoms with van der Waals surface area (Å²) >= 11 is 0. The molecule has 0 atom stereocenters. The number of nitrogens with zero attached hydrogens (tertiary/aromatic N) is 2. The molecule has 0 saturated heterocycles. The number of methoxy groups -OCH3 is 1. The SMILES string of the molecule is COc1cccc(-c2cc(C(=O)NN=C/C=C/c3ccccc3)c3ccccc3n2)c1. The van der Waals surface area contributed by atoms with E-state index in [-0.39, 0.29) is 5.91 Å². The lowest BCUT2D eigenvalue weighted by molar-refractivity contribution is 0.0957. The molecule has 1 heterocycles. The van der Waals surface area contributed by atoms with Crippen LogP contribution in [0, 0.1) is 0 Å². The fourth-order valence-electron chi connectivity index (χ4n) is 3.21. The number of fused-ring (bicyclic) bond motifs is 1. The molecule has 1 N–H and O–H groups in total. The van der Waals surface area contributed by atoms with Crippen LogP contribution < -0.4 is 10.2 Å². The number of ether oxygens (including phenoxy) is 1. The number of rotatable bonds is 6. The summed E-state index contributed by atoms with van der Waals surface area (Å²) in [5.41, 5.74) is 6.47. The predicted octanol–water partition coefficient (Wildman–Crippen LogP) is 5.34. The van der Waals surface area contributed by atoms with Gasteiger partial charge >= 0.3 is 0 Å². The third kappa shape index (κ3) is 4.85. The van der Waals surface area contributed by atoms with Crippen molar-refractivity contribution in [2.75, 3.05) is 7.11 Å². The van der Waals surface area contributed by atoms with Crippen LogP contribution in [0.2, 0.25) is 0 Å². The van der Waals surface area contributed by atoms with Gasteiger partial charge in [-0.15, -0.1) is 0 Å². The molecule has 5 heteroatoms. The number of carbonyl (C=O) groups excluding carboxylic acids is 1. The van der Waals surface area contributed by atoms with Crippen LogP contribution in [0.15, 0.2) is 96.1 Å². The summed E-state index contributed by atoms with van der Waals surface area (Å²) in [5.74, 6) is 0.431. The first-order valence-corrected chi connectivity index (χ1v) is 9.84. The highest BCUT2D eigenvalue weighted by Crippen LogP contribution is 2.27. The first-order valence-electron chi connectivity index (χ1n) is 9.84. The maximum absolute atomic E-state index is 12.9. The molecule has 0 spiro atoms. The number of allylic oxidation sites excluding steroid dienone is 1. The Balaban J connectivity index is 1.60. The van der Waals surface area contributed by atoms with E-state index in [1.165, 1.54) is 0 Å². The maximum atomic E-state index is 12.9. The number of para-hydroxylation sites is 1. The van der Waals surface area contributed by atoms with Crippen LogP contribution in [0.25, 0.3) is 28.2 Å². The average molecular weight is 407 g/mol. The first kappa shape index (κ1) is 20.0. The van der Waals surface area contributed by atoms with Gasteiger partial charge in [0.2, 0.25) is 0 Å². The van der Waals surface area contributed by atoms with Crippen LogP contribution in [-0.4, -0.2) is 24.2 Å². The summed E-state index contributed by atoms with van der Waals surface area (Å²) in [6.45, 7) is 0. The zero-order chi connectivity index (χ0) is 21.5. The Labute approximate surface area is 180 Å². The second-order valence-electron chi connectivity index (χ2n) is 6.79. The molecule has 4 rings (SSSR count). The summed E-state index contributed by atoms with van der Waals surface area (Å²) in [7, 11) is 1.62. The largest absolute Gasteiger partial charge is 0.497 e. The molecule has 31 heavy (non-hydrogen) atoms. The van der Waals surface area contributed by atoms with Crippen molar-refractivity contribution in [1.82, 2.24) is 10.4 Å². The van der Waals surface area contributed by atoms with Gasteiger partial charge in [0.05, 0.1) is 23.9 Å². The zero-order valence-electron chi connectivity index (χ0n) is 17.0. The van der Waals surface area contributed by atoms with Gasteiger partial charge < -0.3 is 4.74 Å². The van der Waals surface area contributed by atoms with Crippen LogP contribution in [-0.2, 0) is 0 Å². The Morgan fingerprint density at radius 1 is 0.968 bits per heavy atom. The van der Waals surface area contributed by atoms with E-state index in [0.29, 0.717) is 11.3 Å². The number of hydrazone groups is 1. The highest BCUT2D eigenvalue weighted by molar-refractivity contribution is 6.07. The molecule has 5 nitrogen and oxygen atoms in total. The predicted molar refractivity (Wildman–Crippen MR) is 125 cm³/mol. The third-order valence-corrected chi connectivity index (χ3v) is 4.74. The van der Waals surface area contributed by atoms with Gasteiger partial charge in [-0.25, -0.2) is 10.4 Å². The summed E-state index contributed by atoms with van der Waals surface area (Å²) in [4.78, 5) is 17.6. The summed E-state index contributed by atoms with van der Waals surface area (Å²) in [6, 6.07) is 26.8. The number of carbonyl (C=O) groups is 1. The third-order valence-electron chi connectivity index (χ3n) is 4.74. The minimum absolute atomic E-state index is 0.299. The van der Waals surface area contributed by atoms with Crippen LogP contribution in [0.4, 0.5) is 0 Å². The number of hydrogen-bond acceptors (Lipinski definition) is 4. The Morgan fingerprint density at radius 2 is 1.77 bits per heavy atom. The average Bonchev–Trinajstić information content (AvgIpc) is 2.83. The Kier molecular flexibility index (Phi) is 6.14. The molecule has 0 unspecified atom stereocenters. The molecule has 0 aliphatic carbocycles. The Hall–Kier alpha value is -4.25. The van der Waals surface area contributed by atoms with Crippen LogP contribution >= 0.6 is 0 Å². The monoisotopic (exact) mass is 407 g/mol. The zero-order valence-corrected chi connectivity index (χ0v) is 17.0. The van der Waals surface area contributed by atoms with Crippen molar-refractivity contribution >= 4 is 29.1 Å². The number of hydrogen-bond donors (Lipinski definition) is 1. The van der Waals surface area contributed by atoms with Gasteiger partial charge in [-0.2, -0.15) is 5.10 Å². The molecule has 0 saturated carbocycles. The van der Waals surface area contributed by atoms with E-state index in [2.05, 4.69) is 10.5 Å². The van der Waals surface area contributed by atoms with Gasteiger partial charge in [-0.3, -0.25) is 4.79 Å². The number of aromatic nitrogens is 1. The summed E-state index contributed by atoms with van der Waals surface area (Å²) in [6.07, 6.45) is 5.25. The molecule has 0 aliphatic rings. The fraction of sp³-hybridized carbons (Fsp3) is 0.0385. The molecule has 0 radical (unpaired) electrons. The highest BCUT2D eigenvalue weighted by Gasteiger charge is 2.13. The van der Waals surface area contributed by atoms with E-state index >= 15 is 0 Å². The molecule has 152 valence electrons. The lowest BCUT2D eigenvalue weighted by Gasteiger charge is -2.09. The van der Waals surface area contributed by atoms with Crippen molar-refractivity contribution < 1.29 is 9.53 Å². The van der Waals surface area contributed by atoms with Gasteiger partial charge in [-0.1, -0.05) is 66.7 Å². The molecule has 3 aromatic carbocycles. The molecular weight excluding hydrogens is 386 g/mol. The lowest BCUT2D eigenvalue weighted by Crippen LogP contribution is -2.18. The van der Waals surface area contributed by atoms with Gasteiger partial charge in [0.15, 0.2) is 0 Å². The topological polar surface area (TPSA) is 63.6 Å². The minimum atomic E-state index is -0.299. The molecule has 1 amide bonds. The number of pyridine rings is 1. The van der Waals surface area contributed by atoms with E-state index in [9.17, 15) is 4.79 Å². The van der Waals surface area contributed by atoms with Crippen molar-refractivity contribution in [3.05, 3.63) is 102 Å². The number of nitrogens with one attached hydrogen (secondary N) is 1. The van der Waals surface area contributed by atoms with Gasteiger partial charge in [0.1, 0.15) is 5.75 Å². The van der Waals surface area contributed by atoms with Crippen molar-refractivity contribution in [2.24, 2.45) is 5.10 Å². The quantitative estimate of drug-likeness (QED) is 0.347. The fourth-order valence-corrected chi connectivity index (χ4v) is 3.21. The number of benzene rings is 3. The molecule has 0 bridgehead atoms. The minimum Gasteiger partial charge on any atom is -0.497 e. The van der Waals surface area contributed by atoms with E-state index in [0.717, 1.165) is 27.8 Å². The standard InChI is InChI=1S/C26H21N3O2/c1-31-21-13-7-12-20(17-21)25-18-23(22-14-5-6-15-24(22)28-25)26(30)29-27-16-8-11-19-9-3-2-4-10-19/h2-18H,1H3,(H,29,30)/b11-8+,27-16?. The molecule has 1 aromatic heterocycles. The first-order chi connectivity index (χ1) is 15.2. The lowest BCUT2D eigenvalue weighted by atomic mass is 10.0. The molecule has 4 aromatic rings. The Morgan fingerprint density at radius 3 is 2.61 bits per heavy atom. The smallest absolute Gasteiger partial charge is 0.272 e. The van der Waals surface area contributed by atoms with Crippen LogP contribution in [0.1, 0.15) is 15.9 Å². The Bertz CT molecular complexity index is 1260. The van der Waals surface area contributed by atoms with E-state index in [1.54, 1.807) is 25.5 Å². The van der Waals surface area contributed by atoms with Gasteiger partial charge in [0, 0.05) is 17.2 Å². The molecule has 0 aliphatic heterocycles. The van der Waals surface area contributed by atoms with Crippen LogP contribution in [0.5, 0.6) is 5.75 Å². The normalized spacial score (nSPS) is 11.3. The number of amides is 1.